The van der Waals surface area contributed by atoms with Crippen LogP contribution in [0.15, 0.2) is 73.3 Å². The second kappa shape index (κ2) is 5.59. The Morgan fingerprint density at radius 3 is 2.76 bits per heavy atom. The van der Waals surface area contributed by atoms with Gasteiger partial charge in [-0.2, -0.15) is 0 Å². The second-order valence-corrected chi connectivity index (χ2v) is 4.66. The molecule has 0 bridgehead atoms. The number of benzene rings is 2. The van der Waals surface area contributed by atoms with Gasteiger partial charge in [0.1, 0.15) is 0 Å². The average Bonchev–Trinajstić information content (AvgIpc) is 2.54. The highest BCUT2D eigenvalue weighted by Gasteiger charge is 2.03. The van der Waals surface area contributed by atoms with Crippen LogP contribution in [0, 0.1) is 0 Å². The molecule has 21 heavy (non-hydrogen) atoms. The van der Waals surface area contributed by atoms with Crippen LogP contribution in [0.1, 0.15) is 0 Å². The molecule has 102 valence electrons. The van der Waals surface area contributed by atoms with Crippen molar-refractivity contribution >= 4 is 22.5 Å². The van der Waals surface area contributed by atoms with Crippen LogP contribution in [0.4, 0.5) is 5.69 Å². The van der Waals surface area contributed by atoms with Crippen LogP contribution in [-0.2, 0) is 4.79 Å². The van der Waals surface area contributed by atoms with Gasteiger partial charge in [0.05, 0.1) is 11.2 Å². The molecule has 1 amide bonds. The second-order valence-electron chi connectivity index (χ2n) is 4.66. The number of carbonyl (C=O) groups excluding carboxylic acids is 1. The molecular formula is C18H14N2O. The molecule has 0 unspecified atom stereocenters. The standard InChI is InChI=1S/C18H14N2O/c1-2-18(21)19-15-8-5-7-14(12-15)17-11-10-13-6-3-4-9-16(13)20-17/h2-12H,1H2,(H,19,21). The highest BCUT2D eigenvalue weighted by atomic mass is 16.1. The molecule has 3 rings (SSSR count). The molecule has 1 N–H and O–H groups in total. The lowest BCUT2D eigenvalue weighted by atomic mass is 10.1. The van der Waals surface area contributed by atoms with Gasteiger partial charge in [-0.25, -0.2) is 4.98 Å². The smallest absolute Gasteiger partial charge is 0.247 e. The maximum atomic E-state index is 11.4. The molecule has 1 aromatic heterocycles. The van der Waals surface area contributed by atoms with Gasteiger partial charge in [-0.05, 0) is 30.3 Å². The number of fused-ring (bicyclic) bond motifs is 1. The quantitative estimate of drug-likeness (QED) is 0.733. The van der Waals surface area contributed by atoms with Gasteiger partial charge in [-0.1, -0.05) is 43.0 Å². The summed E-state index contributed by atoms with van der Waals surface area (Å²) in [4.78, 5) is 16.0. The first-order valence-corrected chi connectivity index (χ1v) is 6.66. The molecule has 0 saturated carbocycles. The summed E-state index contributed by atoms with van der Waals surface area (Å²) in [7, 11) is 0. The van der Waals surface area contributed by atoms with Crippen molar-refractivity contribution in [1.29, 1.82) is 0 Å². The van der Waals surface area contributed by atoms with Gasteiger partial charge in [0, 0.05) is 16.6 Å². The maximum Gasteiger partial charge on any atom is 0.247 e. The summed E-state index contributed by atoms with van der Waals surface area (Å²) in [5, 5.41) is 3.86. The van der Waals surface area contributed by atoms with E-state index in [0.29, 0.717) is 0 Å². The van der Waals surface area contributed by atoms with Crippen molar-refractivity contribution in [2.24, 2.45) is 0 Å². The topological polar surface area (TPSA) is 42.0 Å². The first-order chi connectivity index (χ1) is 10.3. The third kappa shape index (κ3) is 2.82. The van der Waals surface area contributed by atoms with Gasteiger partial charge in [0.15, 0.2) is 0 Å². The molecule has 0 fully saturated rings. The van der Waals surface area contributed by atoms with Crippen LogP contribution in [-0.4, -0.2) is 10.9 Å². The minimum absolute atomic E-state index is 0.223. The van der Waals surface area contributed by atoms with Crippen molar-refractivity contribution in [3.8, 4) is 11.3 Å². The maximum absolute atomic E-state index is 11.4. The van der Waals surface area contributed by atoms with E-state index in [9.17, 15) is 4.79 Å². The number of nitrogens with one attached hydrogen (secondary N) is 1. The fourth-order valence-electron chi connectivity index (χ4n) is 2.18. The molecule has 1 heterocycles. The van der Waals surface area contributed by atoms with E-state index in [1.807, 2.05) is 60.7 Å². The zero-order valence-corrected chi connectivity index (χ0v) is 11.4. The molecule has 3 nitrogen and oxygen atoms in total. The predicted molar refractivity (Wildman–Crippen MR) is 86.0 cm³/mol. The van der Waals surface area contributed by atoms with Crippen molar-refractivity contribution in [3.63, 3.8) is 0 Å². The van der Waals surface area contributed by atoms with Crippen LogP contribution < -0.4 is 5.32 Å². The Morgan fingerprint density at radius 2 is 1.90 bits per heavy atom. The number of anilines is 1. The number of carbonyl (C=O) groups is 1. The largest absolute Gasteiger partial charge is 0.323 e. The van der Waals surface area contributed by atoms with Gasteiger partial charge in [-0.3, -0.25) is 4.79 Å². The molecule has 0 aliphatic carbocycles. The summed E-state index contributed by atoms with van der Waals surface area (Å²) in [5.41, 5.74) is 3.52. The minimum atomic E-state index is -0.223. The minimum Gasteiger partial charge on any atom is -0.323 e. The Hall–Kier alpha value is -2.94. The fourth-order valence-corrected chi connectivity index (χ4v) is 2.18. The molecule has 0 saturated heterocycles. The summed E-state index contributed by atoms with van der Waals surface area (Å²) < 4.78 is 0. The summed E-state index contributed by atoms with van der Waals surface area (Å²) in [6, 6.07) is 19.6. The lowest BCUT2D eigenvalue weighted by Gasteiger charge is -2.06. The van der Waals surface area contributed by atoms with E-state index in [1.165, 1.54) is 6.08 Å². The summed E-state index contributed by atoms with van der Waals surface area (Å²) >= 11 is 0. The summed E-state index contributed by atoms with van der Waals surface area (Å²) in [6.45, 7) is 3.45. The van der Waals surface area contributed by atoms with Crippen molar-refractivity contribution in [3.05, 3.63) is 73.3 Å². The zero-order chi connectivity index (χ0) is 14.7. The SMILES string of the molecule is C=CC(=O)Nc1cccc(-c2ccc3ccccc3n2)c1. The van der Waals surface area contributed by atoms with Gasteiger partial charge in [0.2, 0.25) is 5.91 Å². The van der Waals surface area contributed by atoms with Crippen LogP contribution in [0.2, 0.25) is 0 Å². The molecule has 0 atom stereocenters. The Balaban J connectivity index is 1.99. The van der Waals surface area contributed by atoms with E-state index in [4.69, 9.17) is 0 Å². The van der Waals surface area contributed by atoms with E-state index in [-0.39, 0.29) is 5.91 Å². The Morgan fingerprint density at radius 1 is 1.05 bits per heavy atom. The summed E-state index contributed by atoms with van der Waals surface area (Å²) in [5.74, 6) is -0.223. The zero-order valence-electron chi connectivity index (χ0n) is 11.4. The van der Waals surface area contributed by atoms with Crippen molar-refractivity contribution in [2.45, 2.75) is 0 Å². The first-order valence-electron chi connectivity index (χ1n) is 6.66. The number of hydrogen-bond donors (Lipinski definition) is 1. The Bertz CT molecular complexity index is 824. The van der Waals surface area contributed by atoms with E-state index < -0.39 is 0 Å². The fraction of sp³-hybridized carbons (Fsp3) is 0. The van der Waals surface area contributed by atoms with Crippen LogP contribution in [0.25, 0.3) is 22.2 Å². The third-order valence-electron chi connectivity index (χ3n) is 3.21. The van der Waals surface area contributed by atoms with Gasteiger partial charge >= 0.3 is 0 Å². The Kier molecular flexibility index (Phi) is 3.48. The number of aromatic nitrogens is 1. The van der Waals surface area contributed by atoms with Crippen LogP contribution >= 0.6 is 0 Å². The number of hydrogen-bond acceptors (Lipinski definition) is 2. The molecule has 0 spiro atoms. The third-order valence-corrected chi connectivity index (χ3v) is 3.21. The first kappa shape index (κ1) is 13.1. The Labute approximate surface area is 123 Å². The number of rotatable bonds is 3. The van der Waals surface area contributed by atoms with Crippen molar-refractivity contribution < 1.29 is 4.79 Å². The lowest BCUT2D eigenvalue weighted by Crippen LogP contribution is -2.07. The number of nitrogens with zero attached hydrogens (tertiary/aromatic N) is 1. The van der Waals surface area contributed by atoms with Gasteiger partial charge in [-0.15, -0.1) is 0 Å². The highest BCUT2D eigenvalue weighted by Crippen LogP contribution is 2.23. The summed E-state index contributed by atoms with van der Waals surface area (Å²) in [6.07, 6.45) is 1.25. The molecule has 2 aromatic carbocycles. The van der Waals surface area contributed by atoms with E-state index in [1.54, 1.807) is 0 Å². The lowest BCUT2D eigenvalue weighted by molar-refractivity contribution is -0.111. The van der Waals surface area contributed by atoms with Crippen molar-refractivity contribution in [1.82, 2.24) is 4.98 Å². The van der Waals surface area contributed by atoms with E-state index in [0.717, 1.165) is 27.8 Å². The monoisotopic (exact) mass is 274 g/mol. The number of pyridine rings is 1. The van der Waals surface area contributed by atoms with E-state index >= 15 is 0 Å². The molecule has 0 aliphatic heterocycles. The number of para-hydroxylation sites is 1. The molecular weight excluding hydrogens is 260 g/mol. The van der Waals surface area contributed by atoms with Crippen LogP contribution in [0.5, 0.6) is 0 Å². The van der Waals surface area contributed by atoms with Gasteiger partial charge < -0.3 is 5.32 Å². The van der Waals surface area contributed by atoms with Gasteiger partial charge in [0.25, 0.3) is 0 Å². The highest BCUT2D eigenvalue weighted by molar-refractivity contribution is 5.99. The molecule has 0 aliphatic rings. The number of amides is 1. The molecule has 3 heteroatoms. The van der Waals surface area contributed by atoms with Crippen molar-refractivity contribution in [2.75, 3.05) is 5.32 Å². The average molecular weight is 274 g/mol. The molecule has 0 radical (unpaired) electrons. The molecule has 3 aromatic rings. The van der Waals surface area contributed by atoms with E-state index in [2.05, 4.69) is 16.9 Å². The normalized spacial score (nSPS) is 10.3. The van der Waals surface area contributed by atoms with Crippen LogP contribution in [0.3, 0.4) is 0 Å². The predicted octanol–water partition coefficient (Wildman–Crippen LogP) is 4.03.